The molecule has 0 radical (unpaired) electrons. The molecule has 22 heavy (non-hydrogen) atoms. The Hall–Kier alpha value is -0.0800. The van der Waals surface area contributed by atoms with Crippen LogP contribution in [0, 0.1) is 11.3 Å². The van der Waals surface area contributed by atoms with Crippen LogP contribution in [-0.4, -0.2) is 5.66 Å². The second-order valence-electron chi connectivity index (χ2n) is 7.55. The highest BCUT2D eigenvalue weighted by Gasteiger charge is 2.47. The molecule has 0 aromatic rings. The Balaban J connectivity index is 5.39. The molecule has 1 unspecified atom stereocenters. The molecule has 0 aliphatic rings. The summed E-state index contributed by atoms with van der Waals surface area (Å²) in [6.07, 6.45) is 14.5. The molecule has 0 aliphatic heterocycles. The smallest absolute Gasteiger partial charge is 0.0697 e. The van der Waals surface area contributed by atoms with Crippen molar-refractivity contribution < 1.29 is 0 Å². The van der Waals surface area contributed by atoms with E-state index in [2.05, 4.69) is 34.6 Å². The van der Waals surface area contributed by atoms with Crippen LogP contribution < -0.4 is 11.5 Å². The number of rotatable bonds is 14. The topological polar surface area (TPSA) is 52.0 Å². The molecule has 0 bridgehead atoms. The molecule has 0 aliphatic carbocycles. The van der Waals surface area contributed by atoms with E-state index in [1.54, 1.807) is 0 Å². The maximum atomic E-state index is 6.81. The van der Waals surface area contributed by atoms with Crippen LogP contribution in [0.25, 0.3) is 0 Å². The van der Waals surface area contributed by atoms with Gasteiger partial charge in [-0.1, -0.05) is 92.4 Å². The molecule has 0 fully saturated rings. The molecule has 0 spiro atoms. The molecular weight excluding hydrogens is 268 g/mol. The van der Waals surface area contributed by atoms with Crippen LogP contribution in [-0.2, 0) is 0 Å². The summed E-state index contributed by atoms with van der Waals surface area (Å²) in [4.78, 5) is 0. The monoisotopic (exact) mass is 312 g/mol. The summed E-state index contributed by atoms with van der Waals surface area (Å²) in [5.41, 5.74) is 13.2. The summed E-state index contributed by atoms with van der Waals surface area (Å²) in [7, 11) is 0. The van der Waals surface area contributed by atoms with Gasteiger partial charge in [0.15, 0.2) is 0 Å². The first-order valence-corrected chi connectivity index (χ1v) is 9.99. The first-order valence-electron chi connectivity index (χ1n) is 9.99. The summed E-state index contributed by atoms with van der Waals surface area (Å²) in [6.45, 7) is 11.5. The Kier molecular flexibility index (Phi) is 11.4. The third-order valence-electron chi connectivity index (χ3n) is 5.76. The van der Waals surface area contributed by atoms with Gasteiger partial charge in [0.05, 0.1) is 5.66 Å². The van der Waals surface area contributed by atoms with E-state index in [-0.39, 0.29) is 5.41 Å². The number of nitrogens with two attached hydrogens (primary N) is 2. The van der Waals surface area contributed by atoms with Crippen molar-refractivity contribution in [1.82, 2.24) is 0 Å². The Morgan fingerprint density at radius 3 is 1.50 bits per heavy atom. The highest BCUT2D eigenvalue weighted by Crippen LogP contribution is 2.48. The number of hydrogen-bond donors (Lipinski definition) is 2. The SMILES string of the molecule is CCCCC(C)C(CCCC)(CCCC)C(N)(N)CCCC. The average molecular weight is 313 g/mol. The van der Waals surface area contributed by atoms with Gasteiger partial charge in [-0.15, -0.1) is 0 Å². The van der Waals surface area contributed by atoms with E-state index in [4.69, 9.17) is 11.5 Å². The molecule has 0 rings (SSSR count). The minimum Gasteiger partial charge on any atom is -0.313 e. The van der Waals surface area contributed by atoms with Crippen LogP contribution in [0.4, 0.5) is 0 Å². The van der Waals surface area contributed by atoms with Gasteiger partial charge in [0.25, 0.3) is 0 Å². The lowest BCUT2D eigenvalue weighted by atomic mass is 9.59. The molecule has 2 heteroatoms. The lowest BCUT2D eigenvalue weighted by molar-refractivity contribution is 0.0155. The largest absolute Gasteiger partial charge is 0.313 e. The third-order valence-corrected chi connectivity index (χ3v) is 5.76. The van der Waals surface area contributed by atoms with Gasteiger partial charge in [-0.3, -0.25) is 0 Å². The van der Waals surface area contributed by atoms with Crippen molar-refractivity contribution in [2.45, 2.75) is 117 Å². The van der Waals surface area contributed by atoms with Crippen LogP contribution in [0.1, 0.15) is 112 Å². The zero-order valence-corrected chi connectivity index (χ0v) is 16.2. The fourth-order valence-corrected chi connectivity index (χ4v) is 4.03. The van der Waals surface area contributed by atoms with Crippen LogP contribution in [0.5, 0.6) is 0 Å². The second-order valence-corrected chi connectivity index (χ2v) is 7.55. The molecule has 0 saturated heterocycles. The van der Waals surface area contributed by atoms with Crippen molar-refractivity contribution in [1.29, 1.82) is 0 Å². The predicted octanol–water partition coefficient (Wildman–Crippen LogP) is 5.98. The minimum absolute atomic E-state index is 0.114. The van der Waals surface area contributed by atoms with E-state index in [0.717, 1.165) is 12.8 Å². The van der Waals surface area contributed by atoms with E-state index >= 15 is 0 Å². The lowest BCUT2D eigenvalue weighted by Gasteiger charge is -2.51. The normalized spacial score (nSPS) is 14.3. The minimum atomic E-state index is -0.513. The fourth-order valence-electron chi connectivity index (χ4n) is 4.03. The van der Waals surface area contributed by atoms with E-state index in [0.29, 0.717) is 5.92 Å². The molecule has 0 amide bonds. The Morgan fingerprint density at radius 1 is 0.682 bits per heavy atom. The maximum Gasteiger partial charge on any atom is 0.0697 e. The van der Waals surface area contributed by atoms with Crippen molar-refractivity contribution >= 4 is 0 Å². The van der Waals surface area contributed by atoms with E-state index in [9.17, 15) is 0 Å². The fraction of sp³-hybridized carbons (Fsp3) is 1.00. The van der Waals surface area contributed by atoms with Gasteiger partial charge in [-0.25, -0.2) is 0 Å². The van der Waals surface area contributed by atoms with Gasteiger partial charge in [0, 0.05) is 5.41 Å². The molecular formula is C20H44N2. The maximum absolute atomic E-state index is 6.81. The van der Waals surface area contributed by atoms with Gasteiger partial charge in [0.1, 0.15) is 0 Å². The van der Waals surface area contributed by atoms with E-state index in [1.807, 2.05) is 0 Å². The molecule has 0 saturated carbocycles. The second kappa shape index (κ2) is 11.5. The van der Waals surface area contributed by atoms with Gasteiger partial charge in [0.2, 0.25) is 0 Å². The Bertz CT molecular complexity index is 252. The summed E-state index contributed by atoms with van der Waals surface area (Å²) >= 11 is 0. The molecule has 0 aromatic carbocycles. The highest BCUT2D eigenvalue weighted by molar-refractivity contribution is 5.01. The summed E-state index contributed by atoms with van der Waals surface area (Å²) in [5, 5.41) is 0. The molecule has 0 heterocycles. The van der Waals surface area contributed by atoms with Crippen molar-refractivity contribution in [3.8, 4) is 0 Å². The van der Waals surface area contributed by atoms with Crippen molar-refractivity contribution in [3.63, 3.8) is 0 Å². The molecule has 4 N–H and O–H groups in total. The van der Waals surface area contributed by atoms with Gasteiger partial charge < -0.3 is 11.5 Å². The zero-order valence-electron chi connectivity index (χ0n) is 16.2. The van der Waals surface area contributed by atoms with Gasteiger partial charge in [-0.2, -0.15) is 0 Å². The van der Waals surface area contributed by atoms with E-state index < -0.39 is 5.66 Å². The lowest BCUT2D eigenvalue weighted by Crippen LogP contribution is -2.64. The Labute approximate surface area is 140 Å². The highest BCUT2D eigenvalue weighted by atomic mass is 15.0. The van der Waals surface area contributed by atoms with Crippen molar-refractivity contribution in [2.75, 3.05) is 0 Å². The van der Waals surface area contributed by atoms with Crippen molar-refractivity contribution in [2.24, 2.45) is 22.8 Å². The summed E-state index contributed by atoms with van der Waals surface area (Å²) < 4.78 is 0. The summed E-state index contributed by atoms with van der Waals surface area (Å²) in [5.74, 6) is 0.623. The summed E-state index contributed by atoms with van der Waals surface area (Å²) in [6, 6.07) is 0. The Morgan fingerprint density at radius 2 is 1.09 bits per heavy atom. The van der Waals surface area contributed by atoms with Crippen LogP contribution in [0.2, 0.25) is 0 Å². The van der Waals surface area contributed by atoms with E-state index in [1.165, 1.54) is 64.2 Å². The number of hydrogen-bond acceptors (Lipinski definition) is 2. The first-order chi connectivity index (χ1) is 10.4. The quantitative estimate of drug-likeness (QED) is 0.387. The first kappa shape index (κ1) is 21.9. The standard InChI is InChI=1S/C20H44N2/c1-6-10-14-18(5)19(15-11-7-2,16-12-8-3)20(21,22)17-13-9-4/h18H,6-17,21-22H2,1-5H3. The average Bonchev–Trinajstić information content (AvgIpc) is 2.50. The molecule has 0 aromatic heterocycles. The van der Waals surface area contributed by atoms with Crippen LogP contribution in [0.15, 0.2) is 0 Å². The van der Waals surface area contributed by atoms with Crippen LogP contribution >= 0.6 is 0 Å². The third kappa shape index (κ3) is 6.20. The predicted molar refractivity (Wildman–Crippen MR) is 101 cm³/mol. The number of unbranched alkanes of at least 4 members (excludes halogenated alkanes) is 4. The van der Waals surface area contributed by atoms with Crippen LogP contribution in [0.3, 0.4) is 0 Å². The van der Waals surface area contributed by atoms with Gasteiger partial charge >= 0.3 is 0 Å². The molecule has 2 nitrogen and oxygen atoms in total. The van der Waals surface area contributed by atoms with Crippen molar-refractivity contribution in [3.05, 3.63) is 0 Å². The zero-order chi connectivity index (χ0) is 17.1. The molecule has 1 atom stereocenters. The molecule has 134 valence electrons. The van der Waals surface area contributed by atoms with Gasteiger partial charge in [-0.05, 0) is 25.2 Å².